The van der Waals surface area contributed by atoms with E-state index < -0.39 is 0 Å². The number of hydrogen-bond acceptors (Lipinski definition) is 9. The molecule has 0 amide bonds. The van der Waals surface area contributed by atoms with Crippen molar-refractivity contribution in [1.82, 2.24) is 44.9 Å². The van der Waals surface area contributed by atoms with E-state index in [0.717, 1.165) is 38.9 Å². The molecule has 274 valence electrons. The fourth-order valence-corrected chi connectivity index (χ4v) is 6.07. The van der Waals surface area contributed by atoms with Crippen LogP contribution >= 0.6 is 0 Å². The lowest BCUT2D eigenvalue weighted by Crippen LogP contribution is -2.24. The fourth-order valence-electron chi connectivity index (χ4n) is 6.07. The third-order valence-electron chi connectivity index (χ3n) is 9.08. The van der Waals surface area contributed by atoms with Crippen LogP contribution in [0.15, 0.2) is 140 Å². The molecular weight excluding hydrogens is 691 g/mol. The lowest BCUT2D eigenvalue weighted by Gasteiger charge is -2.23. The van der Waals surface area contributed by atoms with Crippen LogP contribution in [0.3, 0.4) is 0 Å². The summed E-state index contributed by atoms with van der Waals surface area (Å²) in [4.78, 5) is 45.4. The number of aromatic nitrogens is 9. The molecule has 56 heavy (non-hydrogen) atoms. The van der Waals surface area contributed by atoms with Gasteiger partial charge in [0.05, 0.1) is 0 Å². The van der Waals surface area contributed by atoms with Gasteiger partial charge in [-0.1, -0.05) is 163 Å². The zero-order valence-corrected chi connectivity index (χ0v) is 32.3. The predicted octanol–water partition coefficient (Wildman–Crippen LogP) is 10.5. The molecule has 9 heteroatoms. The molecule has 0 unspecified atom stereocenters. The zero-order valence-electron chi connectivity index (χ0n) is 32.3. The Kier molecular flexibility index (Phi) is 9.52. The van der Waals surface area contributed by atoms with Crippen LogP contribution in [-0.4, -0.2) is 44.9 Å². The maximum absolute atomic E-state index is 5.09. The summed E-state index contributed by atoms with van der Waals surface area (Å²) in [5.74, 6) is 5.16. The highest BCUT2D eigenvalue weighted by molar-refractivity contribution is 5.78. The summed E-state index contributed by atoms with van der Waals surface area (Å²) >= 11 is 0. The molecule has 0 spiro atoms. The first kappa shape index (κ1) is 36.1. The highest BCUT2D eigenvalue weighted by Gasteiger charge is 2.26. The molecule has 9 nitrogen and oxygen atoms in total. The summed E-state index contributed by atoms with van der Waals surface area (Å²) < 4.78 is 0. The molecule has 0 aliphatic carbocycles. The maximum atomic E-state index is 5.09. The molecule has 0 radical (unpaired) electrons. The van der Waals surface area contributed by atoms with E-state index in [9.17, 15) is 0 Å². The van der Waals surface area contributed by atoms with E-state index in [2.05, 4.69) is 41.5 Å². The van der Waals surface area contributed by atoms with Gasteiger partial charge in [0.25, 0.3) is 0 Å². The summed E-state index contributed by atoms with van der Waals surface area (Å²) in [5.41, 5.74) is 5.07. The van der Waals surface area contributed by atoms with Gasteiger partial charge in [0, 0.05) is 49.8 Å². The molecule has 0 N–H and O–H groups in total. The molecule has 0 saturated heterocycles. The summed E-state index contributed by atoms with van der Waals surface area (Å²) in [7, 11) is 0. The Morgan fingerprint density at radius 2 is 0.464 bits per heavy atom. The number of rotatable bonds is 7. The van der Waals surface area contributed by atoms with E-state index in [-0.39, 0.29) is 10.8 Å². The quantitative estimate of drug-likeness (QED) is 0.158. The Morgan fingerprint density at radius 3 is 0.696 bits per heavy atom. The van der Waals surface area contributed by atoms with E-state index in [0.29, 0.717) is 52.4 Å². The van der Waals surface area contributed by atoms with Gasteiger partial charge in [-0.2, -0.15) is 0 Å². The van der Waals surface area contributed by atoms with Gasteiger partial charge in [-0.05, 0) is 18.2 Å². The van der Waals surface area contributed by atoms with Crippen LogP contribution in [0.5, 0.6) is 0 Å². The van der Waals surface area contributed by atoms with E-state index in [1.807, 2.05) is 140 Å². The van der Waals surface area contributed by atoms with Crippen molar-refractivity contribution in [2.75, 3.05) is 0 Å². The molecule has 3 heterocycles. The molecule has 0 aliphatic heterocycles. The Balaban J connectivity index is 1.42. The smallest absolute Gasteiger partial charge is 0.164 e. The molecule has 0 atom stereocenters. The minimum atomic E-state index is -0.328. The molecule has 0 bridgehead atoms. The minimum absolute atomic E-state index is 0.328. The second-order valence-corrected chi connectivity index (χ2v) is 15.7. The third-order valence-corrected chi connectivity index (χ3v) is 9.08. The van der Waals surface area contributed by atoms with Crippen LogP contribution < -0.4 is 0 Å². The third kappa shape index (κ3) is 7.84. The normalized spacial score (nSPS) is 11.8. The number of nitrogens with zero attached hydrogens (tertiary/aromatic N) is 9. The number of hydrogen-bond donors (Lipinski definition) is 0. The Morgan fingerprint density at radius 1 is 0.250 bits per heavy atom. The average molecular weight is 732 g/mol. The van der Waals surface area contributed by atoms with E-state index in [1.54, 1.807) is 0 Å². The molecule has 0 saturated carbocycles. The Labute approximate surface area is 327 Å². The second-order valence-electron chi connectivity index (χ2n) is 15.7. The predicted molar refractivity (Wildman–Crippen MR) is 222 cm³/mol. The first-order valence-corrected chi connectivity index (χ1v) is 18.6. The van der Waals surface area contributed by atoms with Crippen molar-refractivity contribution in [3.63, 3.8) is 0 Å². The molecule has 0 fully saturated rings. The first-order valence-electron chi connectivity index (χ1n) is 18.6. The van der Waals surface area contributed by atoms with Crippen molar-refractivity contribution in [2.24, 2.45) is 0 Å². The van der Waals surface area contributed by atoms with Crippen LogP contribution in [0.25, 0.3) is 79.7 Å². The van der Waals surface area contributed by atoms with Gasteiger partial charge < -0.3 is 0 Å². The van der Waals surface area contributed by atoms with Gasteiger partial charge in [-0.3, -0.25) is 0 Å². The lowest BCUT2D eigenvalue weighted by molar-refractivity contribution is 0.497. The fraction of sp³-hybridized carbons (Fsp3) is 0.170. The van der Waals surface area contributed by atoms with Gasteiger partial charge in [0.15, 0.2) is 40.8 Å². The summed E-state index contributed by atoms with van der Waals surface area (Å²) in [5, 5.41) is 0. The summed E-state index contributed by atoms with van der Waals surface area (Å²) in [6, 6.07) is 45.9. The Hall–Kier alpha value is -6.87. The van der Waals surface area contributed by atoms with Crippen molar-refractivity contribution >= 4 is 0 Å². The largest absolute Gasteiger partial charge is 0.217 e. The van der Waals surface area contributed by atoms with Gasteiger partial charge >= 0.3 is 0 Å². The molecule has 0 aliphatic rings. The standard InChI is InChI=1S/C47H41N9/c1-46(2,3)44-54-43(55-45(56-44)47(4,5)6)36-28-34(41-50-37(30-19-11-7-12-20-30)48-38(51-41)31-21-13-8-14-22-31)27-35(29-36)42-52-39(32-23-15-9-16-24-32)49-40(53-42)33-25-17-10-18-26-33/h7-29H,1-6H3. The van der Waals surface area contributed by atoms with E-state index in [1.165, 1.54) is 0 Å². The van der Waals surface area contributed by atoms with E-state index in [4.69, 9.17) is 44.9 Å². The molecule has 3 aromatic heterocycles. The van der Waals surface area contributed by atoms with Crippen molar-refractivity contribution in [3.8, 4) is 79.7 Å². The van der Waals surface area contributed by atoms with Crippen LogP contribution in [-0.2, 0) is 10.8 Å². The minimum Gasteiger partial charge on any atom is -0.217 e. The summed E-state index contributed by atoms with van der Waals surface area (Å²) in [6.07, 6.45) is 0. The molecule has 8 aromatic rings. The Bertz CT molecular complexity index is 2340. The topological polar surface area (TPSA) is 116 Å². The van der Waals surface area contributed by atoms with Gasteiger partial charge in [0.1, 0.15) is 11.6 Å². The molecule has 8 rings (SSSR count). The van der Waals surface area contributed by atoms with Crippen LogP contribution in [0.1, 0.15) is 53.2 Å². The van der Waals surface area contributed by atoms with Gasteiger partial charge in [-0.15, -0.1) is 0 Å². The first-order chi connectivity index (χ1) is 27.0. The van der Waals surface area contributed by atoms with E-state index >= 15 is 0 Å². The maximum Gasteiger partial charge on any atom is 0.164 e. The van der Waals surface area contributed by atoms with Gasteiger partial charge in [-0.25, -0.2) is 44.9 Å². The van der Waals surface area contributed by atoms with Crippen LogP contribution in [0.2, 0.25) is 0 Å². The molecular formula is C47H41N9. The van der Waals surface area contributed by atoms with Crippen molar-refractivity contribution in [3.05, 3.63) is 151 Å². The average Bonchev–Trinajstić information content (AvgIpc) is 3.23. The van der Waals surface area contributed by atoms with Crippen molar-refractivity contribution in [2.45, 2.75) is 52.4 Å². The second kappa shape index (κ2) is 14.8. The summed E-state index contributed by atoms with van der Waals surface area (Å²) in [6.45, 7) is 12.7. The molecule has 5 aromatic carbocycles. The van der Waals surface area contributed by atoms with Crippen molar-refractivity contribution in [1.29, 1.82) is 0 Å². The number of benzene rings is 5. The van der Waals surface area contributed by atoms with Crippen LogP contribution in [0.4, 0.5) is 0 Å². The van der Waals surface area contributed by atoms with Gasteiger partial charge in [0.2, 0.25) is 0 Å². The zero-order chi connectivity index (χ0) is 38.9. The van der Waals surface area contributed by atoms with Crippen molar-refractivity contribution < 1.29 is 0 Å². The van der Waals surface area contributed by atoms with Crippen LogP contribution in [0, 0.1) is 0 Å². The monoisotopic (exact) mass is 731 g/mol. The highest BCUT2D eigenvalue weighted by atomic mass is 15.1. The highest BCUT2D eigenvalue weighted by Crippen LogP contribution is 2.34. The lowest BCUT2D eigenvalue weighted by atomic mass is 9.92. The SMILES string of the molecule is CC(C)(C)c1nc(-c2cc(-c3nc(-c4ccccc4)nc(-c4ccccc4)n3)cc(-c3nc(-c4ccccc4)nc(-c4ccccc4)n3)c2)nc(C(C)(C)C)n1.